The van der Waals surface area contributed by atoms with Crippen LogP contribution in [0.1, 0.15) is 56.6 Å². The zero-order valence-electron chi connectivity index (χ0n) is 22.8. The number of halogens is 1. The molecule has 0 saturated heterocycles. The van der Waals surface area contributed by atoms with Crippen molar-refractivity contribution in [3.05, 3.63) is 123 Å². The van der Waals surface area contributed by atoms with Crippen molar-refractivity contribution in [1.82, 2.24) is 0 Å². The first kappa shape index (κ1) is 34.4. The van der Waals surface area contributed by atoms with E-state index in [1.165, 1.54) is 0 Å². The predicted octanol–water partition coefficient (Wildman–Crippen LogP) is 7.78. The third-order valence-corrected chi connectivity index (χ3v) is 7.71. The Labute approximate surface area is 243 Å². The number of nitrogens with one attached hydrogen (secondary N) is 1. The van der Waals surface area contributed by atoms with Gasteiger partial charge in [0.25, 0.3) is 0 Å². The number of rotatable bonds is 11. The third-order valence-electron chi connectivity index (χ3n) is 6.51. The Morgan fingerprint density at radius 3 is 1.61 bits per heavy atom. The van der Waals surface area contributed by atoms with E-state index in [-0.39, 0.29) is 13.2 Å². The van der Waals surface area contributed by atoms with Crippen LogP contribution >= 0.6 is 9.69 Å². The van der Waals surface area contributed by atoms with Gasteiger partial charge in [-0.2, -0.15) is 0 Å². The van der Waals surface area contributed by atoms with E-state index in [0.29, 0.717) is 29.9 Å². The molecule has 208 valence electrons. The van der Waals surface area contributed by atoms with Crippen LogP contribution in [0.25, 0.3) is 10.5 Å². The van der Waals surface area contributed by atoms with E-state index in [1.807, 2.05) is 98.7 Å². The summed E-state index contributed by atoms with van der Waals surface area (Å²) in [5.74, 6) is -0.247. The Morgan fingerprint density at radius 2 is 1.18 bits per heavy atom. The van der Waals surface area contributed by atoms with Crippen molar-refractivity contribution in [2.45, 2.75) is 51.8 Å². The fourth-order valence-corrected chi connectivity index (χ4v) is 5.99. The first-order chi connectivity index (χ1) is 17.7. The van der Waals surface area contributed by atoms with E-state index in [0.717, 1.165) is 27.8 Å². The van der Waals surface area contributed by atoms with Gasteiger partial charge in [0.2, 0.25) is 0 Å². The molecule has 38 heavy (non-hydrogen) atoms. The molecule has 6 nitrogen and oxygen atoms in total. The molecule has 0 spiro atoms. The molecule has 0 aliphatic heterocycles. The van der Waals surface area contributed by atoms with Crippen LogP contribution in [0.2, 0.25) is 0 Å². The molecule has 2 atom stereocenters. The van der Waals surface area contributed by atoms with Gasteiger partial charge in [0.1, 0.15) is 0 Å². The van der Waals surface area contributed by atoms with Gasteiger partial charge in [-0.25, -0.2) is 8.42 Å². The van der Waals surface area contributed by atoms with Crippen LogP contribution in [0.15, 0.2) is 60.7 Å². The van der Waals surface area contributed by atoms with E-state index in [9.17, 15) is 8.42 Å². The predicted molar refractivity (Wildman–Crippen MR) is 153 cm³/mol. The summed E-state index contributed by atoms with van der Waals surface area (Å²) in [6.45, 7) is 6.65. The minimum absolute atomic E-state index is 0. The van der Waals surface area contributed by atoms with Crippen LogP contribution < -0.4 is 0 Å². The van der Waals surface area contributed by atoms with Gasteiger partial charge >= 0.3 is 27.0 Å². The number of hydrogen-bond acceptors (Lipinski definition) is 4. The molecule has 9 heteroatoms. The SMILES string of the molecule is COCc1c(C)c(COC)c(C)c(CS(=O)(=O)[N-]C(c2ccccc2)C([NH-])c2ccccc2)c1C.[CH3-].[Cl][Ru+3]. The molecule has 0 radical (unpaired) electrons. The summed E-state index contributed by atoms with van der Waals surface area (Å²) in [5, 5.41) is 0. The maximum absolute atomic E-state index is 13.5. The molecule has 0 bridgehead atoms. The standard InChI is InChI=1S/C28H34N2O4S.CH3.ClH.Ru/c1-19-24(16-33-4)20(2)26(21(3)25(19)17-34-5)18-35(31,32)30-28(23-14-10-7-11-15-23)27(29)22-12-8-6-9-13-22;;;/h6-15,27-29H,16-18H2,1-5H3;1H3;1H;/q-2;-1;;+4/p-1. The van der Waals surface area contributed by atoms with Crippen LogP contribution in [-0.4, -0.2) is 22.6 Å². The molecule has 3 aromatic rings. The number of hydrogen-bond donors (Lipinski definition) is 0. The molecule has 0 aromatic heterocycles. The normalized spacial score (nSPS) is 12.6. The maximum atomic E-state index is 13.5. The van der Waals surface area contributed by atoms with Crippen molar-refractivity contribution in [1.29, 1.82) is 0 Å². The average molecular weight is 646 g/mol. The van der Waals surface area contributed by atoms with Gasteiger partial charge in [-0.15, -0.1) is 12.1 Å². The summed E-state index contributed by atoms with van der Waals surface area (Å²) < 4.78 is 42.2. The van der Waals surface area contributed by atoms with E-state index in [4.69, 9.17) is 15.2 Å². The Balaban J connectivity index is 0.00000235. The van der Waals surface area contributed by atoms with E-state index >= 15 is 0 Å². The van der Waals surface area contributed by atoms with Crippen molar-refractivity contribution in [2.24, 2.45) is 0 Å². The molecule has 0 aliphatic carbocycles. The second-order valence-corrected chi connectivity index (χ2v) is 10.4. The molecule has 0 amide bonds. The van der Waals surface area contributed by atoms with Gasteiger partial charge in [0.15, 0.2) is 0 Å². The number of benzene rings is 3. The summed E-state index contributed by atoms with van der Waals surface area (Å²) in [6.07, 6.45) is 0. The van der Waals surface area contributed by atoms with Crippen LogP contribution in [0, 0.1) is 28.2 Å². The van der Waals surface area contributed by atoms with Crippen LogP contribution in [0.5, 0.6) is 0 Å². The molecule has 0 saturated carbocycles. The molecular formula is C29H37ClN2O4RuS. The quantitative estimate of drug-likeness (QED) is 0.157. The molecule has 3 aromatic carbocycles. The molecule has 2 unspecified atom stereocenters. The van der Waals surface area contributed by atoms with Gasteiger partial charge < -0.3 is 27.4 Å². The van der Waals surface area contributed by atoms with Crippen molar-refractivity contribution in [3.8, 4) is 0 Å². The van der Waals surface area contributed by atoms with E-state index in [1.54, 1.807) is 14.2 Å². The van der Waals surface area contributed by atoms with Crippen LogP contribution in [-0.2, 0) is 55.8 Å². The van der Waals surface area contributed by atoms with Gasteiger partial charge in [0.05, 0.1) is 29.0 Å². The number of nitrogens with zero attached hydrogens (tertiary/aromatic N) is 1. The number of methoxy groups -OCH3 is 2. The zero-order valence-corrected chi connectivity index (χ0v) is 26.1. The first-order valence-electron chi connectivity index (χ1n) is 11.7. The minimum atomic E-state index is -3.93. The van der Waals surface area contributed by atoms with E-state index < -0.39 is 22.1 Å². The fourth-order valence-electron chi connectivity index (χ4n) is 4.53. The number of sulfonamides is 1. The third kappa shape index (κ3) is 8.69. The van der Waals surface area contributed by atoms with Crippen molar-refractivity contribution in [3.63, 3.8) is 0 Å². The molecule has 3 rings (SSSR count). The fraction of sp³-hybridized carbons (Fsp3) is 0.345. The van der Waals surface area contributed by atoms with Gasteiger partial charge in [-0.05, 0) is 54.2 Å². The van der Waals surface area contributed by atoms with Gasteiger partial charge in [-0.3, -0.25) is 0 Å². The van der Waals surface area contributed by atoms with Crippen molar-refractivity contribution >= 4 is 19.7 Å². The Morgan fingerprint density at radius 1 is 0.789 bits per heavy atom. The zero-order chi connectivity index (χ0) is 27.6. The summed E-state index contributed by atoms with van der Waals surface area (Å²) >= 11 is 1.82. The topological polar surface area (TPSA) is 90.5 Å². The summed E-state index contributed by atoms with van der Waals surface area (Å²) in [5.41, 5.74) is 15.8. The Bertz CT molecular complexity index is 1210. The second kappa shape index (κ2) is 16.5. The monoisotopic (exact) mass is 646 g/mol. The molecule has 0 aliphatic rings. The van der Waals surface area contributed by atoms with Gasteiger partial charge in [0, 0.05) is 14.2 Å². The summed E-state index contributed by atoms with van der Waals surface area (Å²) in [6, 6.07) is 16.7. The summed E-state index contributed by atoms with van der Waals surface area (Å²) in [7, 11) is 3.89. The average Bonchev–Trinajstić information content (AvgIpc) is 2.92. The Kier molecular flexibility index (Phi) is 14.9. The molecular weight excluding hydrogens is 609 g/mol. The Hall–Kier alpha value is -1.64. The van der Waals surface area contributed by atoms with Crippen LogP contribution in [0.3, 0.4) is 0 Å². The van der Waals surface area contributed by atoms with Gasteiger partial charge in [-0.1, -0.05) is 71.8 Å². The first-order valence-corrected chi connectivity index (χ1v) is 15.5. The van der Waals surface area contributed by atoms with Crippen LogP contribution in [0.4, 0.5) is 0 Å². The van der Waals surface area contributed by atoms with E-state index in [2.05, 4.69) is 14.4 Å². The molecule has 0 fully saturated rings. The summed E-state index contributed by atoms with van der Waals surface area (Å²) in [4.78, 5) is 0. The van der Waals surface area contributed by atoms with Crippen molar-refractivity contribution < 1.29 is 35.2 Å². The molecule has 1 N–H and O–H groups in total. The van der Waals surface area contributed by atoms with Crippen molar-refractivity contribution in [2.75, 3.05) is 14.2 Å². The second-order valence-electron chi connectivity index (χ2n) is 8.75. The molecule has 0 heterocycles. The number of ether oxygens (including phenoxy) is 2.